The third-order valence-corrected chi connectivity index (χ3v) is 7.61. The Balaban J connectivity index is 1.76. The molecule has 166 valence electrons. The zero-order valence-electron chi connectivity index (χ0n) is 17.7. The molecule has 2 aliphatic heterocycles. The van der Waals surface area contributed by atoms with E-state index in [2.05, 4.69) is 5.32 Å². The van der Waals surface area contributed by atoms with E-state index in [1.807, 2.05) is 6.92 Å². The number of aryl methyl sites for hydroxylation is 1. The highest BCUT2D eigenvalue weighted by atomic mass is 32.2. The van der Waals surface area contributed by atoms with Crippen molar-refractivity contribution in [1.29, 1.82) is 0 Å². The van der Waals surface area contributed by atoms with Crippen LogP contribution in [0.2, 0.25) is 0 Å². The molecule has 2 amide bonds. The molecule has 0 bridgehead atoms. The van der Waals surface area contributed by atoms with Crippen LogP contribution in [0.25, 0.3) is 0 Å². The van der Waals surface area contributed by atoms with Crippen molar-refractivity contribution in [2.75, 3.05) is 39.4 Å². The minimum absolute atomic E-state index is 0.00558. The fourth-order valence-electron chi connectivity index (χ4n) is 3.93. The zero-order valence-corrected chi connectivity index (χ0v) is 18.5. The summed E-state index contributed by atoms with van der Waals surface area (Å²) >= 11 is 0. The van der Waals surface area contributed by atoms with Crippen LogP contribution in [-0.2, 0) is 19.6 Å². The van der Waals surface area contributed by atoms with Crippen molar-refractivity contribution in [3.05, 3.63) is 29.3 Å². The molecule has 1 aromatic carbocycles. The predicted molar refractivity (Wildman–Crippen MR) is 113 cm³/mol. The number of carbonyl (C=O) groups is 2. The van der Waals surface area contributed by atoms with E-state index < -0.39 is 10.0 Å². The van der Waals surface area contributed by atoms with Crippen molar-refractivity contribution >= 4 is 21.8 Å². The van der Waals surface area contributed by atoms with Gasteiger partial charge < -0.3 is 15.0 Å². The fourth-order valence-corrected chi connectivity index (χ4v) is 5.58. The monoisotopic (exact) mass is 437 g/mol. The summed E-state index contributed by atoms with van der Waals surface area (Å²) in [7, 11) is -3.69. The van der Waals surface area contributed by atoms with Crippen LogP contribution in [-0.4, -0.2) is 74.9 Å². The number of hydrogen-bond donors (Lipinski definition) is 1. The van der Waals surface area contributed by atoms with Gasteiger partial charge in [0, 0.05) is 44.2 Å². The van der Waals surface area contributed by atoms with Crippen molar-refractivity contribution < 1.29 is 22.7 Å². The summed E-state index contributed by atoms with van der Waals surface area (Å²) in [5.74, 6) is -0.200. The smallest absolute Gasteiger partial charge is 0.253 e. The molecule has 1 N–H and O–H groups in total. The molecule has 1 atom stereocenters. The van der Waals surface area contributed by atoms with E-state index in [1.54, 1.807) is 24.0 Å². The highest BCUT2D eigenvalue weighted by Gasteiger charge is 2.30. The Kier molecular flexibility index (Phi) is 7.49. The standard InChI is InChI=1S/C21H31N3O5S/c1-3-5-20(25)22-18-6-4-9-23(15-18)21(26)17-8-7-16(2)19(14-17)30(27,28)24-10-12-29-13-11-24/h7-8,14,18H,3-6,9-13,15H2,1-2H3,(H,22,25). The first-order valence-corrected chi connectivity index (χ1v) is 12.0. The van der Waals surface area contributed by atoms with Crippen LogP contribution in [0.5, 0.6) is 0 Å². The summed E-state index contributed by atoms with van der Waals surface area (Å²) in [6.07, 6.45) is 2.90. The van der Waals surface area contributed by atoms with Gasteiger partial charge in [-0.15, -0.1) is 0 Å². The highest BCUT2D eigenvalue weighted by Crippen LogP contribution is 2.24. The molecule has 1 unspecified atom stereocenters. The molecule has 0 spiro atoms. The summed E-state index contributed by atoms with van der Waals surface area (Å²) in [6, 6.07) is 4.78. The first-order valence-electron chi connectivity index (χ1n) is 10.6. The normalized spacial score (nSPS) is 20.7. The summed E-state index contributed by atoms with van der Waals surface area (Å²) in [4.78, 5) is 26.9. The Hall–Kier alpha value is -1.97. The topological polar surface area (TPSA) is 96.0 Å². The SMILES string of the molecule is CCCC(=O)NC1CCCN(C(=O)c2ccc(C)c(S(=O)(=O)N3CCOCC3)c2)C1. The molecule has 0 saturated carbocycles. The van der Waals surface area contributed by atoms with Crippen LogP contribution in [0.3, 0.4) is 0 Å². The molecule has 2 aliphatic rings. The van der Waals surface area contributed by atoms with E-state index in [0.717, 1.165) is 19.3 Å². The predicted octanol–water partition coefficient (Wildman–Crippen LogP) is 1.54. The Morgan fingerprint density at radius 3 is 2.63 bits per heavy atom. The van der Waals surface area contributed by atoms with Crippen LogP contribution in [0, 0.1) is 6.92 Å². The van der Waals surface area contributed by atoms with Crippen LogP contribution in [0.4, 0.5) is 0 Å². The number of nitrogens with one attached hydrogen (secondary N) is 1. The van der Waals surface area contributed by atoms with Gasteiger partial charge in [-0.25, -0.2) is 8.42 Å². The number of likely N-dealkylation sites (tertiary alicyclic amines) is 1. The summed E-state index contributed by atoms with van der Waals surface area (Å²) in [5.41, 5.74) is 0.967. The van der Waals surface area contributed by atoms with Crippen LogP contribution < -0.4 is 5.32 Å². The minimum Gasteiger partial charge on any atom is -0.379 e. The van der Waals surface area contributed by atoms with E-state index in [-0.39, 0.29) is 22.8 Å². The van der Waals surface area contributed by atoms with Gasteiger partial charge in [-0.3, -0.25) is 9.59 Å². The molecule has 0 aromatic heterocycles. The maximum absolute atomic E-state index is 13.1. The molecular weight excluding hydrogens is 406 g/mol. The number of rotatable bonds is 6. The van der Waals surface area contributed by atoms with Gasteiger partial charge in [0.25, 0.3) is 5.91 Å². The van der Waals surface area contributed by atoms with Gasteiger partial charge in [-0.05, 0) is 43.9 Å². The lowest BCUT2D eigenvalue weighted by Crippen LogP contribution is -2.49. The number of sulfonamides is 1. The number of benzene rings is 1. The Bertz CT molecular complexity index is 881. The van der Waals surface area contributed by atoms with Crippen LogP contribution in [0.1, 0.15) is 48.5 Å². The lowest BCUT2D eigenvalue weighted by Gasteiger charge is -2.33. The van der Waals surface area contributed by atoms with Gasteiger partial charge in [0.1, 0.15) is 0 Å². The molecule has 2 heterocycles. The van der Waals surface area contributed by atoms with Crippen molar-refractivity contribution in [3.8, 4) is 0 Å². The first-order chi connectivity index (χ1) is 14.3. The van der Waals surface area contributed by atoms with Crippen molar-refractivity contribution in [1.82, 2.24) is 14.5 Å². The molecular formula is C21H31N3O5S. The van der Waals surface area contributed by atoms with E-state index in [0.29, 0.717) is 56.9 Å². The second kappa shape index (κ2) is 9.89. The van der Waals surface area contributed by atoms with Crippen molar-refractivity contribution in [3.63, 3.8) is 0 Å². The molecule has 9 heteroatoms. The lowest BCUT2D eigenvalue weighted by atomic mass is 10.0. The van der Waals surface area contributed by atoms with E-state index >= 15 is 0 Å². The highest BCUT2D eigenvalue weighted by molar-refractivity contribution is 7.89. The average molecular weight is 438 g/mol. The maximum Gasteiger partial charge on any atom is 0.253 e. The molecule has 1 aromatic rings. The van der Waals surface area contributed by atoms with Gasteiger partial charge in [0.2, 0.25) is 15.9 Å². The minimum atomic E-state index is -3.69. The molecule has 3 rings (SSSR count). The van der Waals surface area contributed by atoms with Crippen molar-refractivity contribution in [2.24, 2.45) is 0 Å². The molecule has 8 nitrogen and oxygen atoms in total. The first kappa shape index (κ1) is 22.7. The number of hydrogen-bond acceptors (Lipinski definition) is 5. The summed E-state index contributed by atoms with van der Waals surface area (Å²) < 4.78 is 32.9. The number of amides is 2. The van der Waals surface area contributed by atoms with Crippen molar-refractivity contribution in [2.45, 2.75) is 50.5 Å². The van der Waals surface area contributed by atoms with E-state index in [1.165, 1.54) is 10.4 Å². The number of piperidine rings is 1. The number of morpholine rings is 1. The van der Waals surface area contributed by atoms with Gasteiger partial charge in [-0.1, -0.05) is 13.0 Å². The zero-order chi connectivity index (χ0) is 21.7. The molecule has 0 radical (unpaired) electrons. The Morgan fingerprint density at radius 2 is 1.93 bits per heavy atom. The number of carbonyl (C=O) groups excluding carboxylic acids is 2. The van der Waals surface area contributed by atoms with E-state index in [9.17, 15) is 18.0 Å². The fraction of sp³-hybridized carbons (Fsp3) is 0.619. The third-order valence-electron chi connectivity index (χ3n) is 5.57. The second-order valence-electron chi connectivity index (χ2n) is 7.90. The molecule has 0 aliphatic carbocycles. The number of nitrogens with zero attached hydrogens (tertiary/aromatic N) is 2. The molecule has 30 heavy (non-hydrogen) atoms. The third kappa shape index (κ3) is 5.19. The van der Waals surface area contributed by atoms with Crippen LogP contribution >= 0.6 is 0 Å². The maximum atomic E-state index is 13.1. The largest absolute Gasteiger partial charge is 0.379 e. The van der Waals surface area contributed by atoms with Crippen LogP contribution in [0.15, 0.2) is 23.1 Å². The Morgan fingerprint density at radius 1 is 1.20 bits per heavy atom. The summed E-state index contributed by atoms with van der Waals surface area (Å²) in [6.45, 7) is 6.09. The van der Waals surface area contributed by atoms with Gasteiger partial charge >= 0.3 is 0 Å². The van der Waals surface area contributed by atoms with Gasteiger partial charge in [0.05, 0.1) is 18.1 Å². The molecule has 2 fully saturated rings. The lowest BCUT2D eigenvalue weighted by molar-refractivity contribution is -0.122. The summed E-state index contributed by atoms with van der Waals surface area (Å²) in [5, 5.41) is 3.00. The quantitative estimate of drug-likeness (QED) is 0.728. The second-order valence-corrected chi connectivity index (χ2v) is 9.81. The average Bonchev–Trinajstić information content (AvgIpc) is 2.74. The van der Waals surface area contributed by atoms with Gasteiger partial charge in [-0.2, -0.15) is 4.31 Å². The van der Waals surface area contributed by atoms with Gasteiger partial charge in [0.15, 0.2) is 0 Å². The molecule has 2 saturated heterocycles. The Labute approximate surface area is 178 Å². The number of ether oxygens (including phenoxy) is 1. The van der Waals surface area contributed by atoms with E-state index in [4.69, 9.17) is 4.74 Å².